The molecule has 0 radical (unpaired) electrons. The first-order valence-electron chi connectivity index (χ1n) is 6.10. The Kier molecular flexibility index (Phi) is 7.22. The van der Waals surface area contributed by atoms with Crippen LogP contribution >= 0.6 is 15.9 Å². The van der Waals surface area contributed by atoms with Gasteiger partial charge in [-0.05, 0) is 28.8 Å². The summed E-state index contributed by atoms with van der Waals surface area (Å²) in [5, 5.41) is 4.14. The third-order valence-electron chi connectivity index (χ3n) is 2.74. The van der Waals surface area contributed by atoms with Crippen molar-refractivity contribution in [3.8, 4) is 0 Å². The number of carbonyl (C=O) groups excluding carboxylic acids is 1. The number of halogens is 1. The Labute approximate surface area is 121 Å². The Hall–Kier alpha value is -0.760. The van der Waals surface area contributed by atoms with Crippen molar-refractivity contribution in [3.63, 3.8) is 0 Å². The molecule has 1 atom stereocenters. The zero-order chi connectivity index (χ0) is 14.3. The summed E-state index contributed by atoms with van der Waals surface area (Å²) in [4.78, 5) is 12.3. The van der Waals surface area contributed by atoms with Crippen LogP contribution in [0.15, 0.2) is 10.7 Å². The normalized spacial score (nSPS) is 12.6. The van der Waals surface area contributed by atoms with Crippen molar-refractivity contribution < 1.29 is 14.3 Å². The summed E-state index contributed by atoms with van der Waals surface area (Å²) in [5.41, 5.74) is 6.42. The fraction of sp³-hybridized carbons (Fsp3) is 0.667. The number of nitrogens with zero attached hydrogens (tertiary/aromatic N) is 2. The summed E-state index contributed by atoms with van der Waals surface area (Å²) in [6.07, 6.45) is 2.95. The zero-order valence-corrected chi connectivity index (χ0v) is 12.9. The van der Waals surface area contributed by atoms with Gasteiger partial charge in [-0.2, -0.15) is 5.10 Å². The van der Waals surface area contributed by atoms with Crippen LogP contribution in [-0.2, 0) is 16.0 Å². The van der Waals surface area contributed by atoms with Crippen molar-refractivity contribution >= 4 is 21.7 Å². The molecule has 0 aliphatic heterocycles. The number of carbonyl (C=O) groups is 1. The predicted molar refractivity (Wildman–Crippen MR) is 75.2 cm³/mol. The lowest BCUT2D eigenvalue weighted by Gasteiger charge is -2.12. The first kappa shape index (κ1) is 16.3. The molecule has 0 saturated carbocycles. The summed E-state index contributed by atoms with van der Waals surface area (Å²) in [7, 11) is 3.24. The fourth-order valence-electron chi connectivity index (χ4n) is 1.71. The van der Waals surface area contributed by atoms with Crippen LogP contribution in [-0.4, -0.2) is 49.0 Å². The lowest BCUT2D eigenvalue weighted by atomic mass is 10.1. The van der Waals surface area contributed by atoms with E-state index in [-0.39, 0.29) is 5.78 Å². The van der Waals surface area contributed by atoms with Gasteiger partial charge in [0.1, 0.15) is 5.69 Å². The molecule has 0 fully saturated rings. The van der Waals surface area contributed by atoms with Crippen LogP contribution in [0.4, 0.5) is 0 Å². The van der Waals surface area contributed by atoms with E-state index in [0.717, 1.165) is 6.42 Å². The standard InChI is InChI=1S/C12H20BrN3O3/c1-18-6-3-4-10(14)12(17)11-9(13)8-15-16(11)5-7-19-2/h8,10H,3-7,14H2,1-2H3. The molecule has 1 aromatic heterocycles. The maximum Gasteiger partial charge on any atom is 0.198 e. The minimum Gasteiger partial charge on any atom is -0.385 e. The largest absolute Gasteiger partial charge is 0.385 e. The van der Waals surface area contributed by atoms with Gasteiger partial charge < -0.3 is 15.2 Å². The van der Waals surface area contributed by atoms with Crippen molar-refractivity contribution in [2.75, 3.05) is 27.4 Å². The molecule has 0 amide bonds. The Morgan fingerprint density at radius 1 is 1.47 bits per heavy atom. The van der Waals surface area contributed by atoms with Crippen LogP contribution in [0.2, 0.25) is 0 Å². The molecule has 1 aromatic rings. The summed E-state index contributed by atoms with van der Waals surface area (Å²) < 4.78 is 12.2. The Balaban J connectivity index is 2.71. The Morgan fingerprint density at radius 2 is 2.16 bits per heavy atom. The van der Waals surface area contributed by atoms with Crippen LogP contribution < -0.4 is 5.73 Å². The second-order valence-electron chi connectivity index (χ2n) is 4.16. The van der Waals surface area contributed by atoms with Gasteiger partial charge in [0.05, 0.1) is 29.9 Å². The van der Waals surface area contributed by atoms with E-state index < -0.39 is 6.04 Å². The Morgan fingerprint density at radius 3 is 2.79 bits per heavy atom. The van der Waals surface area contributed by atoms with E-state index in [1.807, 2.05) is 0 Å². The van der Waals surface area contributed by atoms with Gasteiger partial charge >= 0.3 is 0 Å². The lowest BCUT2D eigenvalue weighted by Crippen LogP contribution is -2.33. The van der Waals surface area contributed by atoms with Crippen molar-refractivity contribution in [1.29, 1.82) is 0 Å². The maximum absolute atomic E-state index is 12.3. The van der Waals surface area contributed by atoms with Gasteiger partial charge in [0.25, 0.3) is 0 Å². The van der Waals surface area contributed by atoms with E-state index in [0.29, 0.717) is 36.3 Å². The molecule has 2 N–H and O–H groups in total. The highest BCUT2D eigenvalue weighted by Crippen LogP contribution is 2.18. The molecule has 6 nitrogen and oxygen atoms in total. The highest BCUT2D eigenvalue weighted by molar-refractivity contribution is 9.10. The van der Waals surface area contributed by atoms with E-state index in [4.69, 9.17) is 15.2 Å². The number of hydrogen-bond donors (Lipinski definition) is 1. The molecular formula is C12H20BrN3O3. The molecule has 19 heavy (non-hydrogen) atoms. The number of ether oxygens (including phenoxy) is 2. The lowest BCUT2D eigenvalue weighted by molar-refractivity contribution is 0.0935. The number of methoxy groups -OCH3 is 2. The SMILES string of the molecule is COCCCC(N)C(=O)c1c(Br)cnn1CCOC. The van der Waals surface area contributed by atoms with Crippen LogP contribution in [0.3, 0.4) is 0 Å². The van der Waals surface area contributed by atoms with Crippen molar-refractivity contribution in [1.82, 2.24) is 9.78 Å². The van der Waals surface area contributed by atoms with Crippen LogP contribution in [0.1, 0.15) is 23.3 Å². The van der Waals surface area contributed by atoms with E-state index in [1.54, 1.807) is 25.1 Å². The fourth-order valence-corrected chi connectivity index (χ4v) is 2.20. The van der Waals surface area contributed by atoms with E-state index in [1.165, 1.54) is 0 Å². The number of nitrogens with two attached hydrogens (primary N) is 1. The minimum absolute atomic E-state index is 0.114. The topological polar surface area (TPSA) is 79.4 Å². The summed E-state index contributed by atoms with van der Waals surface area (Å²) in [5.74, 6) is -0.114. The quantitative estimate of drug-likeness (QED) is 0.543. The number of ketones is 1. The second-order valence-corrected chi connectivity index (χ2v) is 5.02. The summed E-state index contributed by atoms with van der Waals surface area (Å²) in [6, 6.07) is -0.538. The van der Waals surface area contributed by atoms with Gasteiger partial charge in [-0.15, -0.1) is 0 Å². The number of Topliss-reactive ketones (excluding diaryl/α,β-unsaturated/α-hetero) is 1. The molecule has 7 heteroatoms. The highest BCUT2D eigenvalue weighted by Gasteiger charge is 2.22. The van der Waals surface area contributed by atoms with Crippen molar-refractivity contribution in [2.45, 2.75) is 25.4 Å². The third kappa shape index (κ3) is 4.68. The maximum atomic E-state index is 12.3. The van der Waals surface area contributed by atoms with Crippen molar-refractivity contribution in [3.05, 3.63) is 16.4 Å². The second kappa shape index (κ2) is 8.42. The van der Waals surface area contributed by atoms with Gasteiger partial charge in [-0.1, -0.05) is 0 Å². The summed E-state index contributed by atoms with van der Waals surface area (Å²) in [6.45, 7) is 1.62. The van der Waals surface area contributed by atoms with Crippen LogP contribution in [0.5, 0.6) is 0 Å². The van der Waals surface area contributed by atoms with Crippen molar-refractivity contribution in [2.24, 2.45) is 5.73 Å². The average Bonchev–Trinajstić information content (AvgIpc) is 2.76. The van der Waals surface area contributed by atoms with Gasteiger partial charge in [-0.25, -0.2) is 0 Å². The number of hydrogen-bond acceptors (Lipinski definition) is 5. The minimum atomic E-state index is -0.538. The van der Waals surface area contributed by atoms with Gasteiger partial charge in [0.15, 0.2) is 5.78 Å². The molecular weight excluding hydrogens is 314 g/mol. The third-order valence-corrected chi connectivity index (χ3v) is 3.32. The van der Waals surface area contributed by atoms with Crippen LogP contribution in [0, 0.1) is 0 Å². The molecule has 0 saturated heterocycles. The molecule has 0 aromatic carbocycles. The van der Waals surface area contributed by atoms with Gasteiger partial charge in [0.2, 0.25) is 0 Å². The monoisotopic (exact) mass is 333 g/mol. The van der Waals surface area contributed by atoms with Gasteiger partial charge in [0, 0.05) is 20.8 Å². The molecule has 0 aliphatic carbocycles. The molecule has 0 aliphatic rings. The zero-order valence-electron chi connectivity index (χ0n) is 11.3. The summed E-state index contributed by atoms with van der Waals surface area (Å²) >= 11 is 3.33. The molecule has 1 unspecified atom stereocenters. The molecule has 1 rings (SSSR count). The Bertz CT molecular complexity index is 409. The first-order valence-corrected chi connectivity index (χ1v) is 6.90. The highest BCUT2D eigenvalue weighted by atomic mass is 79.9. The van der Waals surface area contributed by atoms with Gasteiger partial charge in [-0.3, -0.25) is 9.48 Å². The van der Waals surface area contributed by atoms with E-state index >= 15 is 0 Å². The molecule has 108 valence electrons. The van der Waals surface area contributed by atoms with E-state index in [9.17, 15) is 4.79 Å². The number of rotatable bonds is 9. The predicted octanol–water partition coefficient (Wildman–Crippen LogP) is 1.23. The molecule has 0 bridgehead atoms. The first-order chi connectivity index (χ1) is 9.11. The average molecular weight is 334 g/mol. The number of aromatic nitrogens is 2. The smallest absolute Gasteiger partial charge is 0.198 e. The molecule has 0 spiro atoms. The van der Waals surface area contributed by atoms with Crippen LogP contribution in [0.25, 0.3) is 0 Å². The van der Waals surface area contributed by atoms with E-state index in [2.05, 4.69) is 21.0 Å². The molecule has 1 heterocycles.